The molecule has 2 amide bonds. The summed E-state index contributed by atoms with van der Waals surface area (Å²) < 4.78 is 29.2. The number of hydrogen-bond acceptors (Lipinski definition) is 4. The number of aromatic nitrogens is 1. The third-order valence-corrected chi connectivity index (χ3v) is 4.83. The summed E-state index contributed by atoms with van der Waals surface area (Å²) in [6, 6.07) is 11.0. The number of halogens is 2. The van der Waals surface area contributed by atoms with Crippen LogP contribution in [0.2, 0.25) is 0 Å². The average molecular weight is 380 g/mol. The Labute approximate surface area is 157 Å². The number of anilines is 1. The van der Waals surface area contributed by atoms with Crippen LogP contribution in [0, 0.1) is 23.5 Å². The molecule has 1 aromatic heterocycles. The number of nitrogens with zero attached hydrogens (tertiary/aromatic N) is 2. The molecule has 0 radical (unpaired) electrons. The van der Waals surface area contributed by atoms with Gasteiger partial charge in [0.25, 0.3) is 5.91 Å². The molecule has 0 N–H and O–H groups in total. The minimum atomic E-state index is -1.03. The van der Waals surface area contributed by atoms with Crippen molar-refractivity contribution in [2.75, 3.05) is 4.90 Å². The van der Waals surface area contributed by atoms with Crippen LogP contribution in [0.4, 0.5) is 14.5 Å². The first-order chi connectivity index (χ1) is 13.0. The summed E-state index contributed by atoms with van der Waals surface area (Å²) in [5, 5.41) is 0. The summed E-state index contributed by atoms with van der Waals surface area (Å²) in [6.07, 6.45) is -0.182. The first kappa shape index (κ1) is 17.1. The molecule has 0 bridgehead atoms. The van der Waals surface area contributed by atoms with Crippen LogP contribution in [-0.2, 0) is 11.2 Å². The highest BCUT2D eigenvalue weighted by Crippen LogP contribution is 2.31. The topological polar surface area (TPSA) is 50.3 Å². The van der Waals surface area contributed by atoms with Gasteiger partial charge in [-0.3, -0.25) is 9.59 Å². The molecule has 3 aromatic rings. The normalized spacial score (nSPS) is 13.2. The van der Waals surface area contributed by atoms with E-state index < -0.39 is 29.1 Å². The van der Waals surface area contributed by atoms with Crippen LogP contribution >= 0.6 is 11.3 Å². The summed E-state index contributed by atoms with van der Waals surface area (Å²) in [4.78, 5) is 29.5. The van der Waals surface area contributed by atoms with Crippen molar-refractivity contribution in [2.45, 2.75) is 6.42 Å². The molecule has 0 atom stereocenters. The van der Waals surface area contributed by atoms with Crippen molar-refractivity contribution >= 4 is 28.8 Å². The van der Waals surface area contributed by atoms with E-state index in [4.69, 9.17) is 0 Å². The number of fused-ring (bicyclic) bond motifs is 1. The third-order valence-electron chi connectivity index (χ3n) is 3.97. The monoisotopic (exact) mass is 380 g/mol. The van der Waals surface area contributed by atoms with Crippen molar-refractivity contribution in [3.63, 3.8) is 0 Å². The van der Waals surface area contributed by atoms with Crippen LogP contribution in [0.25, 0.3) is 0 Å². The Morgan fingerprint density at radius 1 is 1.00 bits per heavy atom. The minimum absolute atomic E-state index is 0.105. The zero-order chi connectivity index (χ0) is 19.0. The Balaban J connectivity index is 1.72. The van der Waals surface area contributed by atoms with Crippen LogP contribution in [-0.4, -0.2) is 16.8 Å². The Morgan fingerprint density at radius 2 is 1.67 bits per heavy atom. The Hall–Kier alpha value is -3.37. The van der Waals surface area contributed by atoms with Gasteiger partial charge >= 0.3 is 0 Å². The molecule has 132 valence electrons. The van der Waals surface area contributed by atoms with Gasteiger partial charge in [-0.1, -0.05) is 30.0 Å². The molecule has 0 aliphatic carbocycles. The van der Waals surface area contributed by atoms with Crippen molar-refractivity contribution in [3.05, 3.63) is 81.3 Å². The quantitative estimate of drug-likeness (QED) is 0.479. The number of benzene rings is 2. The van der Waals surface area contributed by atoms with Gasteiger partial charge in [0.2, 0.25) is 5.91 Å². The molecule has 0 spiro atoms. The van der Waals surface area contributed by atoms with E-state index in [1.807, 2.05) is 6.07 Å². The van der Waals surface area contributed by atoms with Crippen LogP contribution in [0.3, 0.4) is 0 Å². The molecule has 0 unspecified atom stereocenters. The van der Waals surface area contributed by atoms with Crippen molar-refractivity contribution in [3.8, 4) is 11.8 Å². The minimum Gasteiger partial charge on any atom is -0.274 e. The van der Waals surface area contributed by atoms with E-state index >= 15 is 0 Å². The van der Waals surface area contributed by atoms with E-state index in [0.717, 1.165) is 23.5 Å². The number of hydrogen-bond donors (Lipinski definition) is 0. The number of carbonyl (C=O) groups excluding carboxylic acids is 2. The van der Waals surface area contributed by atoms with Gasteiger partial charge in [-0.25, -0.2) is 18.7 Å². The van der Waals surface area contributed by atoms with Gasteiger partial charge in [0.15, 0.2) is 11.6 Å². The van der Waals surface area contributed by atoms with E-state index in [0.29, 0.717) is 16.2 Å². The van der Waals surface area contributed by atoms with Crippen LogP contribution in [0.1, 0.15) is 26.5 Å². The maximum Gasteiger partial charge on any atom is 0.277 e. The maximum atomic E-state index is 14.6. The molecule has 1 aliphatic rings. The summed E-state index contributed by atoms with van der Waals surface area (Å²) in [5.74, 6) is 1.94. The summed E-state index contributed by atoms with van der Waals surface area (Å²) in [6.45, 7) is 0. The van der Waals surface area contributed by atoms with Crippen molar-refractivity contribution < 1.29 is 18.4 Å². The molecule has 4 nitrogen and oxygen atoms in total. The molecule has 2 heterocycles. The first-order valence-corrected chi connectivity index (χ1v) is 8.78. The molecule has 0 saturated heterocycles. The second kappa shape index (κ2) is 6.74. The number of rotatable bonds is 1. The van der Waals surface area contributed by atoms with Gasteiger partial charge < -0.3 is 0 Å². The van der Waals surface area contributed by atoms with Gasteiger partial charge in [0, 0.05) is 11.1 Å². The molecule has 27 heavy (non-hydrogen) atoms. The molecule has 2 aromatic carbocycles. The Morgan fingerprint density at radius 3 is 2.37 bits per heavy atom. The largest absolute Gasteiger partial charge is 0.277 e. The lowest BCUT2D eigenvalue weighted by Crippen LogP contribution is -2.43. The van der Waals surface area contributed by atoms with Crippen LogP contribution in [0.15, 0.2) is 48.0 Å². The summed E-state index contributed by atoms with van der Waals surface area (Å²) in [7, 11) is 0. The lowest BCUT2D eigenvalue weighted by molar-refractivity contribution is -0.117. The molecule has 7 heteroatoms. The van der Waals surface area contributed by atoms with E-state index in [9.17, 15) is 18.4 Å². The Kier molecular flexibility index (Phi) is 4.26. The highest BCUT2D eigenvalue weighted by atomic mass is 32.1. The Bertz CT molecular complexity index is 1110. The number of carbonyl (C=O) groups is 2. The lowest BCUT2D eigenvalue weighted by atomic mass is 10.1. The lowest BCUT2D eigenvalue weighted by Gasteiger charge is -2.25. The maximum absolute atomic E-state index is 14.6. The van der Waals surface area contributed by atoms with E-state index in [1.54, 1.807) is 24.3 Å². The number of imide groups is 1. The SMILES string of the molecule is O=C1Cc2ncsc2C(=O)N1c1c(F)cc(C#Cc2ccccc2)cc1F. The number of thiazole rings is 1. The zero-order valence-corrected chi connectivity index (χ0v) is 14.5. The fourth-order valence-corrected chi connectivity index (χ4v) is 3.49. The molecule has 0 fully saturated rings. The van der Waals surface area contributed by atoms with Crippen LogP contribution < -0.4 is 4.90 Å². The standard InChI is InChI=1S/C20H10F2N2O2S/c21-14-8-13(7-6-12-4-2-1-3-5-12)9-15(22)18(14)24-17(25)10-16-19(20(24)26)27-11-23-16/h1-5,8-9,11H,10H2. The van der Waals surface area contributed by atoms with E-state index in [2.05, 4.69) is 16.8 Å². The molecule has 1 aliphatic heterocycles. The fraction of sp³-hybridized carbons (Fsp3) is 0.0500. The van der Waals surface area contributed by atoms with Crippen molar-refractivity contribution in [1.82, 2.24) is 4.98 Å². The van der Waals surface area contributed by atoms with Gasteiger partial charge in [-0.15, -0.1) is 11.3 Å². The third kappa shape index (κ3) is 3.11. The van der Waals surface area contributed by atoms with Crippen molar-refractivity contribution in [1.29, 1.82) is 0 Å². The second-order valence-electron chi connectivity index (χ2n) is 5.74. The van der Waals surface area contributed by atoms with E-state index in [-0.39, 0.29) is 16.9 Å². The molecular weight excluding hydrogens is 370 g/mol. The van der Waals surface area contributed by atoms with Gasteiger partial charge in [0.1, 0.15) is 10.6 Å². The zero-order valence-electron chi connectivity index (χ0n) is 13.7. The van der Waals surface area contributed by atoms with Gasteiger partial charge in [-0.2, -0.15) is 0 Å². The predicted molar refractivity (Wildman–Crippen MR) is 96.4 cm³/mol. The molecular formula is C20H10F2N2O2S. The summed E-state index contributed by atoms with van der Waals surface area (Å²) in [5.41, 5.74) is 1.87. The van der Waals surface area contributed by atoms with Gasteiger partial charge in [0.05, 0.1) is 17.6 Å². The summed E-state index contributed by atoms with van der Waals surface area (Å²) >= 11 is 1.03. The molecule has 4 rings (SSSR count). The smallest absolute Gasteiger partial charge is 0.274 e. The highest BCUT2D eigenvalue weighted by Gasteiger charge is 2.37. The first-order valence-electron chi connectivity index (χ1n) is 7.90. The highest BCUT2D eigenvalue weighted by molar-refractivity contribution is 7.12. The number of amides is 2. The average Bonchev–Trinajstić information content (AvgIpc) is 3.11. The van der Waals surface area contributed by atoms with E-state index in [1.165, 1.54) is 5.51 Å². The fourth-order valence-electron chi connectivity index (χ4n) is 2.75. The second-order valence-corrected chi connectivity index (χ2v) is 6.60. The van der Waals surface area contributed by atoms with Crippen LogP contribution in [0.5, 0.6) is 0 Å². The molecule has 0 saturated carbocycles. The van der Waals surface area contributed by atoms with Gasteiger partial charge in [-0.05, 0) is 24.3 Å². The van der Waals surface area contributed by atoms with Crippen molar-refractivity contribution in [2.24, 2.45) is 0 Å². The predicted octanol–water partition coefficient (Wildman–Crippen LogP) is 3.55.